The Morgan fingerprint density at radius 1 is 1.24 bits per heavy atom. The molecule has 2 aliphatic rings. The number of likely N-dealkylation sites (N-methyl/N-ethyl adjacent to an activating group) is 1. The van der Waals surface area contributed by atoms with Gasteiger partial charge in [0, 0.05) is 30.4 Å². The van der Waals surface area contributed by atoms with E-state index in [9.17, 15) is 4.79 Å². The number of nitrogens with one attached hydrogen (secondary N) is 3. The van der Waals surface area contributed by atoms with E-state index in [-0.39, 0.29) is 5.49 Å². The first-order valence-electron chi connectivity index (χ1n) is 11.3. The molecular weight excluding hydrogens is 450 g/mol. The van der Waals surface area contributed by atoms with Crippen molar-refractivity contribution in [1.82, 2.24) is 24.4 Å². The molecule has 9 heteroatoms. The number of fused-ring (bicyclic) bond motifs is 3. The van der Waals surface area contributed by atoms with Crippen LogP contribution in [-0.2, 0) is 12.0 Å². The summed E-state index contributed by atoms with van der Waals surface area (Å²) >= 11 is 6.35. The fourth-order valence-corrected chi connectivity index (χ4v) is 5.49. The number of anilines is 2. The smallest absolute Gasteiger partial charge is 0.324 e. The van der Waals surface area contributed by atoms with Gasteiger partial charge >= 0.3 is 5.69 Å². The number of aromatic nitrogens is 4. The summed E-state index contributed by atoms with van der Waals surface area (Å²) in [6.07, 6.45) is 4.06. The minimum atomic E-state index is -0.482. The molecule has 1 aliphatic heterocycles. The Balaban J connectivity index is 1.38. The van der Waals surface area contributed by atoms with Crippen molar-refractivity contribution in [2.24, 2.45) is 0 Å². The summed E-state index contributed by atoms with van der Waals surface area (Å²) in [6, 6.07) is 11.8. The van der Waals surface area contributed by atoms with Crippen LogP contribution in [0, 0.1) is 12.3 Å². The highest BCUT2D eigenvalue weighted by atomic mass is 35.5. The first kappa shape index (κ1) is 21.1. The second-order valence-corrected chi connectivity index (χ2v) is 9.83. The summed E-state index contributed by atoms with van der Waals surface area (Å²) in [7, 11) is 2.17. The van der Waals surface area contributed by atoms with Gasteiger partial charge in [0.2, 0.25) is 5.95 Å². The molecule has 4 aromatic rings. The normalized spacial score (nSPS) is 16.6. The van der Waals surface area contributed by atoms with Crippen molar-refractivity contribution in [3.8, 4) is 5.69 Å². The third kappa shape index (κ3) is 3.33. The standard InChI is InChI=1S/C25H24ClN7O/c1-14-4-3-5-19(26)20(14)33-21(27)17-11-28-23(30-22(17)31-24(33)34)29-16-6-7-18-15(10-16)12-32(2)13-25(18)8-9-25/h3-7,10-11,27H,8-9,12-13H2,1-2H3,(H2,28,29,30,31,34). The van der Waals surface area contributed by atoms with Crippen molar-refractivity contribution in [2.75, 3.05) is 18.9 Å². The van der Waals surface area contributed by atoms with Crippen LogP contribution < -0.4 is 16.5 Å². The number of nitrogens with zero attached hydrogens (tertiary/aromatic N) is 4. The molecule has 0 amide bonds. The maximum absolute atomic E-state index is 12.9. The molecule has 1 spiro atoms. The summed E-state index contributed by atoms with van der Waals surface area (Å²) in [5, 5.41) is 12.7. The zero-order chi connectivity index (χ0) is 23.6. The van der Waals surface area contributed by atoms with Crippen molar-refractivity contribution in [3.63, 3.8) is 0 Å². The average Bonchev–Trinajstić information content (AvgIpc) is 3.54. The van der Waals surface area contributed by atoms with Gasteiger partial charge in [0.1, 0.15) is 5.49 Å². The lowest BCUT2D eigenvalue weighted by Gasteiger charge is -2.32. The van der Waals surface area contributed by atoms with Crippen molar-refractivity contribution < 1.29 is 0 Å². The lowest BCUT2D eigenvalue weighted by Crippen LogP contribution is -2.35. The van der Waals surface area contributed by atoms with E-state index in [0.29, 0.717) is 33.1 Å². The molecule has 2 aromatic carbocycles. The molecule has 0 saturated heterocycles. The Morgan fingerprint density at radius 2 is 2.06 bits per heavy atom. The molecule has 0 radical (unpaired) electrons. The van der Waals surface area contributed by atoms with Gasteiger partial charge in [-0.1, -0.05) is 29.8 Å². The summed E-state index contributed by atoms with van der Waals surface area (Å²) in [5.74, 6) is 0.361. The fourth-order valence-electron chi connectivity index (χ4n) is 5.19. The molecule has 1 aliphatic carbocycles. The number of rotatable bonds is 3. The molecular formula is C25H24ClN7O. The van der Waals surface area contributed by atoms with E-state index >= 15 is 0 Å². The van der Waals surface area contributed by atoms with E-state index < -0.39 is 5.69 Å². The highest BCUT2D eigenvalue weighted by molar-refractivity contribution is 6.32. The van der Waals surface area contributed by atoms with Crippen LogP contribution in [0.4, 0.5) is 11.6 Å². The van der Waals surface area contributed by atoms with Crippen molar-refractivity contribution in [2.45, 2.75) is 31.7 Å². The number of hydrogen-bond acceptors (Lipinski definition) is 6. The molecule has 34 heavy (non-hydrogen) atoms. The number of H-pyrrole nitrogens is 1. The largest absolute Gasteiger partial charge is 0.333 e. The maximum Gasteiger partial charge on any atom is 0.333 e. The maximum atomic E-state index is 12.9. The number of hydrogen-bond donors (Lipinski definition) is 3. The van der Waals surface area contributed by atoms with Gasteiger partial charge in [0.15, 0.2) is 5.65 Å². The number of para-hydroxylation sites is 1. The lowest BCUT2D eigenvalue weighted by molar-refractivity contribution is 0.271. The van der Waals surface area contributed by atoms with Crippen LogP contribution in [0.25, 0.3) is 16.7 Å². The van der Waals surface area contributed by atoms with E-state index in [4.69, 9.17) is 17.0 Å². The van der Waals surface area contributed by atoms with Crippen LogP contribution >= 0.6 is 11.6 Å². The van der Waals surface area contributed by atoms with Crippen molar-refractivity contribution in [3.05, 3.63) is 80.3 Å². The van der Waals surface area contributed by atoms with E-state index in [1.54, 1.807) is 12.3 Å². The molecule has 8 nitrogen and oxygen atoms in total. The molecule has 1 saturated carbocycles. The van der Waals surface area contributed by atoms with Gasteiger partial charge < -0.3 is 10.2 Å². The van der Waals surface area contributed by atoms with Gasteiger partial charge in [-0.15, -0.1) is 0 Å². The first-order valence-corrected chi connectivity index (χ1v) is 11.6. The summed E-state index contributed by atoms with van der Waals surface area (Å²) in [5.41, 5.74) is 5.08. The Bertz CT molecular complexity index is 1560. The number of halogens is 1. The summed E-state index contributed by atoms with van der Waals surface area (Å²) in [6.45, 7) is 3.89. The summed E-state index contributed by atoms with van der Waals surface area (Å²) < 4.78 is 1.25. The molecule has 0 atom stereocenters. The zero-order valence-corrected chi connectivity index (χ0v) is 19.7. The second kappa shape index (κ2) is 7.51. The quantitative estimate of drug-likeness (QED) is 0.420. The predicted molar refractivity (Wildman–Crippen MR) is 132 cm³/mol. The van der Waals surface area contributed by atoms with E-state index in [1.807, 2.05) is 19.1 Å². The van der Waals surface area contributed by atoms with Gasteiger partial charge in [-0.2, -0.15) is 4.98 Å². The lowest BCUT2D eigenvalue weighted by atomic mass is 9.87. The highest BCUT2D eigenvalue weighted by Gasteiger charge is 2.48. The Kier molecular flexibility index (Phi) is 4.65. The molecule has 3 heterocycles. The van der Waals surface area contributed by atoms with Gasteiger partial charge in [0.25, 0.3) is 0 Å². The van der Waals surface area contributed by atoms with E-state index in [2.05, 4.69) is 50.4 Å². The molecule has 2 aromatic heterocycles. The predicted octanol–water partition coefficient (Wildman–Crippen LogP) is 3.77. The average molecular weight is 474 g/mol. The summed E-state index contributed by atoms with van der Waals surface area (Å²) in [4.78, 5) is 27.0. The Morgan fingerprint density at radius 3 is 2.82 bits per heavy atom. The van der Waals surface area contributed by atoms with E-state index in [1.165, 1.54) is 28.5 Å². The number of aryl methyl sites for hydroxylation is 1. The van der Waals surface area contributed by atoms with Crippen LogP contribution in [0.15, 0.2) is 47.4 Å². The van der Waals surface area contributed by atoms with Crippen LogP contribution in [0.1, 0.15) is 29.5 Å². The van der Waals surface area contributed by atoms with E-state index in [0.717, 1.165) is 24.3 Å². The topological polar surface area (TPSA) is 103 Å². The van der Waals surface area contributed by atoms with Crippen LogP contribution in [-0.4, -0.2) is 38.0 Å². The van der Waals surface area contributed by atoms with Gasteiger partial charge in [0.05, 0.1) is 16.1 Å². The first-order chi connectivity index (χ1) is 16.3. The Hall–Kier alpha value is -3.49. The minimum absolute atomic E-state index is 0.0203. The van der Waals surface area contributed by atoms with Crippen LogP contribution in [0.5, 0.6) is 0 Å². The van der Waals surface area contributed by atoms with Gasteiger partial charge in [-0.25, -0.2) is 14.3 Å². The molecule has 0 bridgehead atoms. The molecule has 1 fully saturated rings. The molecule has 172 valence electrons. The molecule has 6 rings (SSSR count). The van der Waals surface area contributed by atoms with Crippen LogP contribution in [0.2, 0.25) is 5.02 Å². The highest BCUT2D eigenvalue weighted by Crippen LogP contribution is 2.52. The SMILES string of the molecule is Cc1cccc(Cl)c1-n1c(=O)[nH]c2nc(Nc3ccc4c(c3)CN(C)CC43CC3)ncc2c1=N. The van der Waals surface area contributed by atoms with Gasteiger partial charge in [-0.05, 0) is 61.7 Å². The molecule has 0 unspecified atom stereocenters. The van der Waals surface area contributed by atoms with Gasteiger partial charge in [-0.3, -0.25) is 10.4 Å². The second-order valence-electron chi connectivity index (χ2n) is 9.42. The monoisotopic (exact) mass is 473 g/mol. The number of aromatic amines is 1. The molecule has 3 N–H and O–H groups in total. The van der Waals surface area contributed by atoms with Crippen molar-refractivity contribution >= 4 is 34.3 Å². The third-order valence-corrected chi connectivity index (χ3v) is 7.21. The van der Waals surface area contributed by atoms with Crippen molar-refractivity contribution in [1.29, 1.82) is 5.41 Å². The minimum Gasteiger partial charge on any atom is -0.324 e. The zero-order valence-electron chi connectivity index (χ0n) is 18.9. The van der Waals surface area contributed by atoms with Crippen LogP contribution in [0.3, 0.4) is 0 Å². The number of benzene rings is 2. The third-order valence-electron chi connectivity index (χ3n) is 6.91. The fraction of sp³-hybridized carbons (Fsp3) is 0.280. The Labute approximate surface area is 200 Å².